The molecule has 1 atom stereocenters. The molecular weight excluding hydrogens is 280 g/mol. The number of amides is 1. The Bertz CT molecular complexity index is 558. The molecule has 0 spiro atoms. The zero-order chi connectivity index (χ0) is 16.0. The Labute approximate surface area is 120 Å². The first-order valence-electron chi connectivity index (χ1n) is 6.05. The predicted octanol–water partition coefficient (Wildman–Crippen LogP) is 0.524. The van der Waals surface area contributed by atoms with E-state index in [1.165, 1.54) is 25.3 Å². The lowest BCUT2D eigenvalue weighted by molar-refractivity contribution is -0.138. The lowest BCUT2D eigenvalue weighted by Crippen LogP contribution is -2.31. The lowest BCUT2D eigenvalue weighted by atomic mass is 10.1. The maximum Gasteiger partial charge on any atom is 0.339 e. The van der Waals surface area contributed by atoms with Gasteiger partial charge in [0.1, 0.15) is 11.6 Å². The fourth-order valence-corrected chi connectivity index (χ4v) is 1.65. The number of rotatable bonds is 7. The molecule has 0 aromatic heterocycles. The van der Waals surface area contributed by atoms with Crippen molar-refractivity contribution < 1.29 is 29.3 Å². The summed E-state index contributed by atoms with van der Waals surface area (Å²) in [5.41, 5.74) is 5.41. The molecule has 1 aromatic carbocycles. The van der Waals surface area contributed by atoms with Crippen molar-refractivity contribution in [1.29, 1.82) is 0 Å². The van der Waals surface area contributed by atoms with Gasteiger partial charge in [0.2, 0.25) is 5.91 Å². The highest BCUT2D eigenvalue weighted by Gasteiger charge is 2.17. The summed E-state index contributed by atoms with van der Waals surface area (Å²) in [6.07, 6.45) is -0.129. The van der Waals surface area contributed by atoms with Crippen LogP contribution in [-0.4, -0.2) is 41.2 Å². The van der Waals surface area contributed by atoms with E-state index in [9.17, 15) is 14.4 Å². The Morgan fingerprint density at radius 2 is 2.00 bits per heavy atom. The third kappa shape index (κ3) is 4.46. The van der Waals surface area contributed by atoms with Crippen molar-refractivity contribution in [1.82, 2.24) is 0 Å². The average Bonchev–Trinajstić information content (AvgIpc) is 2.44. The van der Waals surface area contributed by atoms with Crippen molar-refractivity contribution in [3.8, 4) is 5.75 Å². The zero-order valence-electron chi connectivity index (χ0n) is 11.3. The highest BCUT2D eigenvalue weighted by molar-refractivity contribution is 5.98. The molecule has 0 unspecified atom stereocenters. The van der Waals surface area contributed by atoms with E-state index in [2.05, 4.69) is 5.32 Å². The Balaban J connectivity index is 2.79. The van der Waals surface area contributed by atoms with E-state index in [1.807, 2.05) is 0 Å². The maximum absolute atomic E-state index is 11.7. The minimum absolute atomic E-state index is 0.0257. The number of hydrogen-bond acceptors (Lipinski definition) is 5. The van der Waals surface area contributed by atoms with Gasteiger partial charge in [-0.3, -0.25) is 9.59 Å². The van der Waals surface area contributed by atoms with Gasteiger partial charge in [0.15, 0.2) is 5.75 Å². The van der Waals surface area contributed by atoms with Crippen LogP contribution in [0, 0.1) is 0 Å². The second-order valence-corrected chi connectivity index (χ2v) is 4.22. The van der Waals surface area contributed by atoms with Gasteiger partial charge < -0.3 is 26.0 Å². The highest BCUT2D eigenvalue weighted by Crippen LogP contribution is 2.28. The molecule has 0 saturated carbocycles. The van der Waals surface area contributed by atoms with Crippen molar-refractivity contribution in [2.45, 2.75) is 18.9 Å². The fraction of sp³-hybridized carbons (Fsp3) is 0.308. The Hall–Kier alpha value is -2.61. The number of carbonyl (C=O) groups excluding carboxylic acids is 1. The summed E-state index contributed by atoms with van der Waals surface area (Å²) < 4.78 is 4.99. The molecule has 1 aromatic rings. The Morgan fingerprint density at radius 3 is 2.52 bits per heavy atom. The van der Waals surface area contributed by atoms with E-state index in [-0.39, 0.29) is 29.8 Å². The van der Waals surface area contributed by atoms with Crippen LogP contribution < -0.4 is 15.8 Å². The molecule has 1 amide bonds. The summed E-state index contributed by atoms with van der Waals surface area (Å²) in [5, 5.41) is 20.1. The number of methoxy groups -OCH3 is 1. The van der Waals surface area contributed by atoms with Crippen LogP contribution in [0.25, 0.3) is 0 Å². The quantitative estimate of drug-likeness (QED) is 0.575. The van der Waals surface area contributed by atoms with Crippen molar-refractivity contribution in [2.24, 2.45) is 5.73 Å². The summed E-state index contributed by atoms with van der Waals surface area (Å²) in [6, 6.07) is 3.17. The molecule has 0 heterocycles. The molecule has 0 aliphatic heterocycles. The number of para-hydroxylation sites is 1. The van der Waals surface area contributed by atoms with E-state index in [1.54, 1.807) is 0 Å². The Kier molecular flexibility index (Phi) is 5.67. The van der Waals surface area contributed by atoms with Gasteiger partial charge in [0.05, 0.1) is 12.8 Å². The monoisotopic (exact) mass is 296 g/mol. The zero-order valence-corrected chi connectivity index (χ0v) is 11.3. The van der Waals surface area contributed by atoms with E-state index in [0.29, 0.717) is 0 Å². The molecule has 21 heavy (non-hydrogen) atoms. The largest absolute Gasteiger partial charge is 0.494 e. The standard InChI is InChI=1S/C13H16N2O6/c1-21-11-7(12(17)18)3-2-4-9(11)15-10(16)6-5-8(14)13(19)20/h2-4,8H,5-6,14H2,1H3,(H,15,16)(H,17,18)(H,19,20)/t8-/m0/s1. The number of aromatic carboxylic acids is 1. The number of benzene rings is 1. The molecule has 8 heteroatoms. The first kappa shape index (κ1) is 16.4. The molecule has 0 aliphatic carbocycles. The average molecular weight is 296 g/mol. The van der Waals surface area contributed by atoms with Gasteiger partial charge in [-0.2, -0.15) is 0 Å². The second kappa shape index (κ2) is 7.25. The van der Waals surface area contributed by atoms with Gasteiger partial charge in [-0.05, 0) is 18.6 Å². The second-order valence-electron chi connectivity index (χ2n) is 4.22. The molecule has 5 N–H and O–H groups in total. The van der Waals surface area contributed by atoms with Gasteiger partial charge >= 0.3 is 11.9 Å². The molecular formula is C13H16N2O6. The summed E-state index contributed by atoms with van der Waals surface area (Å²) >= 11 is 0. The van der Waals surface area contributed by atoms with Crippen LogP contribution in [0.15, 0.2) is 18.2 Å². The van der Waals surface area contributed by atoms with E-state index in [0.717, 1.165) is 0 Å². The van der Waals surface area contributed by atoms with Gasteiger partial charge in [-0.25, -0.2) is 4.79 Å². The predicted molar refractivity (Wildman–Crippen MR) is 73.4 cm³/mol. The Morgan fingerprint density at radius 1 is 1.33 bits per heavy atom. The topological polar surface area (TPSA) is 139 Å². The maximum atomic E-state index is 11.7. The first-order valence-corrected chi connectivity index (χ1v) is 6.05. The van der Waals surface area contributed by atoms with Crippen LogP contribution in [0.3, 0.4) is 0 Å². The van der Waals surface area contributed by atoms with Crippen LogP contribution in [-0.2, 0) is 9.59 Å². The van der Waals surface area contributed by atoms with Crippen LogP contribution in [0.4, 0.5) is 5.69 Å². The molecule has 114 valence electrons. The summed E-state index contributed by atoms with van der Waals surface area (Å²) in [4.78, 5) is 33.3. The number of hydrogen-bond donors (Lipinski definition) is 4. The van der Waals surface area contributed by atoms with Crippen molar-refractivity contribution in [3.63, 3.8) is 0 Å². The van der Waals surface area contributed by atoms with Crippen LogP contribution in [0.1, 0.15) is 23.2 Å². The first-order chi connectivity index (χ1) is 9.86. The molecule has 0 saturated heterocycles. The number of nitrogens with two attached hydrogens (primary N) is 1. The van der Waals surface area contributed by atoms with Crippen LogP contribution in [0.2, 0.25) is 0 Å². The van der Waals surface area contributed by atoms with Gasteiger partial charge in [0, 0.05) is 6.42 Å². The van der Waals surface area contributed by atoms with Gasteiger partial charge in [-0.15, -0.1) is 0 Å². The van der Waals surface area contributed by atoms with Crippen molar-refractivity contribution in [3.05, 3.63) is 23.8 Å². The smallest absolute Gasteiger partial charge is 0.339 e. The number of nitrogens with one attached hydrogen (secondary N) is 1. The summed E-state index contributed by atoms with van der Waals surface area (Å²) in [6.45, 7) is 0. The molecule has 0 radical (unpaired) electrons. The molecule has 1 rings (SSSR count). The van der Waals surface area contributed by atoms with Gasteiger partial charge in [-0.1, -0.05) is 6.07 Å². The molecule has 8 nitrogen and oxygen atoms in total. The van der Waals surface area contributed by atoms with Crippen LogP contribution in [0.5, 0.6) is 5.75 Å². The van der Waals surface area contributed by atoms with E-state index in [4.69, 9.17) is 20.7 Å². The fourth-order valence-electron chi connectivity index (χ4n) is 1.65. The number of carboxylic acids is 2. The van der Waals surface area contributed by atoms with Crippen molar-refractivity contribution in [2.75, 3.05) is 12.4 Å². The van der Waals surface area contributed by atoms with Crippen LogP contribution >= 0.6 is 0 Å². The van der Waals surface area contributed by atoms with E-state index >= 15 is 0 Å². The van der Waals surface area contributed by atoms with Gasteiger partial charge in [0.25, 0.3) is 0 Å². The van der Waals surface area contributed by atoms with Crippen molar-refractivity contribution >= 4 is 23.5 Å². The summed E-state index contributed by atoms with van der Waals surface area (Å²) in [7, 11) is 1.29. The molecule has 0 bridgehead atoms. The number of anilines is 1. The summed E-state index contributed by atoms with van der Waals surface area (Å²) in [5.74, 6) is -2.82. The lowest BCUT2D eigenvalue weighted by Gasteiger charge is -2.12. The molecule has 0 aliphatic rings. The highest BCUT2D eigenvalue weighted by atomic mass is 16.5. The number of carboxylic acid groups (broad SMARTS) is 2. The normalized spacial score (nSPS) is 11.5. The minimum Gasteiger partial charge on any atom is -0.494 e. The SMILES string of the molecule is COc1c(NC(=O)CC[C@H](N)C(=O)O)cccc1C(=O)O. The molecule has 0 fully saturated rings. The third-order valence-corrected chi connectivity index (χ3v) is 2.72. The number of ether oxygens (including phenoxy) is 1. The number of carbonyl (C=O) groups is 3. The van der Waals surface area contributed by atoms with E-state index < -0.39 is 23.9 Å². The number of aliphatic carboxylic acids is 1. The minimum atomic E-state index is -1.19. The third-order valence-electron chi connectivity index (χ3n) is 2.72.